The van der Waals surface area contributed by atoms with Crippen molar-refractivity contribution < 1.29 is 13.9 Å². The number of pyridine rings is 1. The molecule has 2 atom stereocenters. The van der Waals surface area contributed by atoms with E-state index in [-0.39, 0.29) is 29.6 Å². The highest BCUT2D eigenvalue weighted by molar-refractivity contribution is 5.98. The van der Waals surface area contributed by atoms with Gasteiger partial charge in [0, 0.05) is 18.3 Å². The molecule has 0 N–H and O–H groups in total. The number of hydrogen-bond acceptors (Lipinski definition) is 6. The summed E-state index contributed by atoms with van der Waals surface area (Å²) in [6, 6.07) is 7.79. The van der Waals surface area contributed by atoms with Crippen molar-refractivity contribution in [3.05, 3.63) is 65.4 Å². The lowest BCUT2D eigenvalue weighted by molar-refractivity contribution is 0.0371. The molecule has 31 heavy (non-hydrogen) atoms. The zero-order valence-electron chi connectivity index (χ0n) is 17.2. The summed E-state index contributed by atoms with van der Waals surface area (Å²) in [5.41, 5.74) is 1.76. The van der Waals surface area contributed by atoms with Gasteiger partial charge >= 0.3 is 0 Å². The minimum absolute atomic E-state index is 0.0308. The number of aryl methyl sites for hydroxylation is 1. The van der Waals surface area contributed by atoms with Crippen molar-refractivity contribution in [1.29, 1.82) is 5.26 Å². The van der Waals surface area contributed by atoms with Crippen molar-refractivity contribution in [3.63, 3.8) is 0 Å². The maximum Gasteiger partial charge on any atom is 0.256 e. The Labute approximate surface area is 178 Å². The van der Waals surface area contributed by atoms with E-state index in [1.54, 1.807) is 17.2 Å². The average Bonchev–Trinajstić information content (AvgIpc) is 3.30. The molecule has 1 aliphatic rings. The maximum absolute atomic E-state index is 13.9. The smallest absolute Gasteiger partial charge is 0.256 e. The minimum atomic E-state index is -0.480. The molecule has 4 rings (SSSR count). The number of benzene rings is 1. The predicted octanol–water partition coefficient (Wildman–Crippen LogP) is 3.05. The number of aromatic nitrogens is 4. The molecular weight excluding hydrogens is 399 g/mol. The van der Waals surface area contributed by atoms with Crippen molar-refractivity contribution in [2.45, 2.75) is 38.8 Å². The van der Waals surface area contributed by atoms with Gasteiger partial charge in [-0.2, -0.15) is 20.3 Å². The zero-order valence-corrected chi connectivity index (χ0v) is 17.2. The van der Waals surface area contributed by atoms with Crippen molar-refractivity contribution in [1.82, 2.24) is 24.9 Å². The van der Waals surface area contributed by atoms with Crippen LogP contribution in [0, 0.1) is 24.1 Å². The SMILES string of the molecule is Cc1ccnc(OC2CCC(C)N(C(=O)c3ccc(F)cc3-n3nccn3)C2)c1C#N. The number of hydrogen-bond donors (Lipinski definition) is 0. The Morgan fingerprint density at radius 2 is 2.00 bits per heavy atom. The third-order valence-electron chi connectivity index (χ3n) is 5.44. The molecular formula is C22H21FN6O2. The molecule has 1 aromatic carbocycles. The fraction of sp³-hybridized carbons (Fsp3) is 0.318. The number of piperidine rings is 1. The summed E-state index contributed by atoms with van der Waals surface area (Å²) in [6.07, 6.45) is 5.67. The van der Waals surface area contributed by atoms with Gasteiger partial charge in [0.15, 0.2) is 0 Å². The summed E-state index contributed by atoms with van der Waals surface area (Å²) in [4.78, 5) is 20.6. The Morgan fingerprint density at radius 3 is 2.74 bits per heavy atom. The standard InChI is InChI=1S/C22H21FN6O2/c1-14-7-8-25-21(19(14)12-24)31-17-5-3-15(2)28(13-17)22(30)18-6-4-16(23)11-20(18)29-26-9-10-27-29/h4,6-11,15,17H,3,5,13H2,1-2H3. The third kappa shape index (κ3) is 4.10. The van der Waals surface area contributed by atoms with Gasteiger partial charge in [-0.15, -0.1) is 0 Å². The first-order valence-corrected chi connectivity index (χ1v) is 9.97. The normalized spacial score (nSPS) is 18.5. The molecule has 0 spiro atoms. The van der Waals surface area contributed by atoms with E-state index in [9.17, 15) is 14.4 Å². The number of amides is 1. The van der Waals surface area contributed by atoms with E-state index in [2.05, 4.69) is 21.3 Å². The summed E-state index contributed by atoms with van der Waals surface area (Å²) >= 11 is 0. The summed E-state index contributed by atoms with van der Waals surface area (Å²) in [6.45, 7) is 4.12. The van der Waals surface area contributed by atoms with Gasteiger partial charge in [0.25, 0.3) is 5.91 Å². The first kappa shape index (κ1) is 20.5. The summed E-state index contributed by atoms with van der Waals surface area (Å²) in [5.74, 6) is -0.463. The van der Waals surface area contributed by atoms with Gasteiger partial charge in [-0.05, 0) is 50.5 Å². The van der Waals surface area contributed by atoms with E-state index in [1.807, 2.05) is 13.8 Å². The van der Waals surface area contributed by atoms with Crippen LogP contribution in [0.1, 0.15) is 41.3 Å². The van der Waals surface area contributed by atoms with E-state index in [0.717, 1.165) is 18.4 Å². The number of nitrogens with zero attached hydrogens (tertiary/aromatic N) is 6. The molecule has 1 aliphatic heterocycles. The number of likely N-dealkylation sites (tertiary alicyclic amines) is 1. The topological polar surface area (TPSA) is 96.9 Å². The number of halogens is 1. The molecule has 3 aromatic rings. The van der Waals surface area contributed by atoms with Crippen LogP contribution in [0.15, 0.2) is 42.9 Å². The van der Waals surface area contributed by atoms with Crippen molar-refractivity contribution >= 4 is 5.91 Å². The monoisotopic (exact) mass is 420 g/mol. The first-order chi connectivity index (χ1) is 15.0. The van der Waals surface area contributed by atoms with E-state index in [1.165, 1.54) is 35.4 Å². The minimum Gasteiger partial charge on any atom is -0.472 e. The van der Waals surface area contributed by atoms with Crippen molar-refractivity contribution in [2.24, 2.45) is 0 Å². The van der Waals surface area contributed by atoms with Crippen LogP contribution >= 0.6 is 0 Å². The zero-order chi connectivity index (χ0) is 22.0. The molecule has 0 saturated carbocycles. The van der Waals surface area contributed by atoms with E-state index >= 15 is 0 Å². The quantitative estimate of drug-likeness (QED) is 0.644. The van der Waals surface area contributed by atoms with Crippen LogP contribution in [-0.4, -0.2) is 49.5 Å². The molecule has 1 amide bonds. The lowest BCUT2D eigenvalue weighted by atomic mass is 9.99. The second kappa shape index (κ2) is 8.52. The van der Waals surface area contributed by atoms with Crippen LogP contribution in [0.25, 0.3) is 5.69 Å². The molecule has 0 bridgehead atoms. The molecule has 158 valence electrons. The van der Waals surface area contributed by atoms with E-state index in [4.69, 9.17) is 4.74 Å². The van der Waals surface area contributed by atoms with Gasteiger partial charge in [-0.25, -0.2) is 9.37 Å². The van der Waals surface area contributed by atoms with Crippen LogP contribution in [0.5, 0.6) is 5.88 Å². The number of carbonyl (C=O) groups is 1. The predicted molar refractivity (Wildman–Crippen MR) is 109 cm³/mol. The van der Waals surface area contributed by atoms with Crippen LogP contribution in [0.2, 0.25) is 0 Å². The van der Waals surface area contributed by atoms with Gasteiger partial charge in [0.05, 0.1) is 24.5 Å². The molecule has 1 fully saturated rings. The van der Waals surface area contributed by atoms with Crippen LogP contribution in [-0.2, 0) is 0 Å². The molecule has 8 nitrogen and oxygen atoms in total. The molecule has 2 unspecified atom stereocenters. The van der Waals surface area contributed by atoms with E-state index in [0.29, 0.717) is 17.7 Å². The van der Waals surface area contributed by atoms with E-state index < -0.39 is 5.82 Å². The van der Waals surface area contributed by atoms with Crippen LogP contribution in [0.4, 0.5) is 4.39 Å². The Bertz CT molecular complexity index is 1140. The maximum atomic E-state index is 13.9. The fourth-order valence-electron chi connectivity index (χ4n) is 3.72. The number of nitriles is 1. The van der Waals surface area contributed by atoms with Gasteiger partial charge < -0.3 is 9.64 Å². The second-order valence-electron chi connectivity index (χ2n) is 7.52. The van der Waals surface area contributed by atoms with Crippen molar-refractivity contribution in [2.75, 3.05) is 6.54 Å². The van der Waals surface area contributed by atoms with Crippen LogP contribution in [0.3, 0.4) is 0 Å². The molecule has 0 radical (unpaired) electrons. The molecule has 0 aliphatic carbocycles. The van der Waals surface area contributed by atoms with Crippen LogP contribution < -0.4 is 4.74 Å². The lowest BCUT2D eigenvalue weighted by Gasteiger charge is -2.38. The first-order valence-electron chi connectivity index (χ1n) is 9.97. The summed E-state index contributed by atoms with van der Waals surface area (Å²) in [7, 11) is 0. The largest absolute Gasteiger partial charge is 0.472 e. The van der Waals surface area contributed by atoms with Gasteiger partial charge in [0.1, 0.15) is 29.2 Å². The highest BCUT2D eigenvalue weighted by Crippen LogP contribution is 2.27. The molecule has 2 aromatic heterocycles. The molecule has 9 heteroatoms. The molecule has 3 heterocycles. The average molecular weight is 420 g/mol. The highest BCUT2D eigenvalue weighted by atomic mass is 19.1. The Hall–Kier alpha value is -3.80. The number of ether oxygens (including phenoxy) is 1. The second-order valence-corrected chi connectivity index (χ2v) is 7.52. The van der Waals surface area contributed by atoms with Gasteiger partial charge in [0.2, 0.25) is 5.88 Å². The Balaban J connectivity index is 1.60. The lowest BCUT2D eigenvalue weighted by Crippen LogP contribution is -2.49. The van der Waals surface area contributed by atoms with Crippen molar-refractivity contribution in [3.8, 4) is 17.6 Å². The molecule has 1 saturated heterocycles. The fourth-order valence-corrected chi connectivity index (χ4v) is 3.72. The summed E-state index contributed by atoms with van der Waals surface area (Å²) < 4.78 is 19.9. The Morgan fingerprint density at radius 1 is 1.23 bits per heavy atom. The Kier molecular flexibility index (Phi) is 5.62. The third-order valence-corrected chi connectivity index (χ3v) is 5.44. The summed E-state index contributed by atoms with van der Waals surface area (Å²) in [5, 5.41) is 17.5. The van der Waals surface area contributed by atoms with Gasteiger partial charge in [-0.1, -0.05) is 0 Å². The number of rotatable bonds is 4. The highest BCUT2D eigenvalue weighted by Gasteiger charge is 2.32. The number of carbonyl (C=O) groups excluding carboxylic acids is 1. The van der Waals surface area contributed by atoms with Gasteiger partial charge in [-0.3, -0.25) is 4.79 Å².